The number of benzene rings is 1. The van der Waals surface area contributed by atoms with Gasteiger partial charge in [0.05, 0.1) is 5.56 Å². The Labute approximate surface area is 118 Å². The van der Waals surface area contributed by atoms with Gasteiger partial charge in [0.2, 0.25) is 0 Å². The molecule has 0 bridgehead atoms. The Balaban J connectivity index is 2.04. The fraction of sp³-hybridized carbons (Fsp3) is 0.143. The SMILES string of the molecule is Cc1cc(C(=O)NNC(=O)c2cc(F)cc(F)c2)c(C)o1. The number of carbonyl (C=O) groups excluding carboxylic acids is 2. The van der Waals surface area contributed by atoms with E-state index in [4.69, 9.17) is 4.42 Å². The van der Waals surface area contributed by atoms with Crippen LogP contribution in [-0.2, 0) is 0 Å². The van der Waals surface area contributed by atoms with E-state index >= 15 is 0 Å². The molecule has 1 aromatic carbocycles. The summed E-state index contributed by atoms with van der Waals surface area (Å²) in [5, 5.41) is 0. The van der Waals surface area contributed by atoms with Crippen LogP contribution in [0.5, 0.6) is 0 Å². The molecule has 5 nitrogen and oxygen atoms in total. The summed E-state index contributed by atoms with van der Waals surface area (Å²) in [4.78, 5) is 23.5. The molecule has 0 saturated carbocycles. The second kappa shape index (κ2) is 5.74. The monoisotopic (exact) mass is 294 g/mol. The Hall–Kier alpha value is -2.70. The van der Waals surface area contributed by atoms with Gasteiger partial charge in [-0.15, -0.1) is 0 Å². The zero-order valence-electron chi connectivity index (χ0n) is 11.3. The maximum Gasteiger partial charge on any atom is 0.273 e. The molecule has 0 radical (unpaired) electrons. The molecule has 2 N–H and O–H groups in total. The highest BCUT2D eigenvalue weighted by molar-refractivity contribution is 5.99. The van der Waals surface area contributed by atoms with Crippen molar-refractivity contribution >= 4 is 11.8 Å². The third-order valence-electron chi connectivity index (χ3n) is 2.70. The smallest absolute Gasteiger partial charge is 0.273 e. The summed E-state index contributed by atoms with van der Waals surface area (Å²) in [6.07, 6.45) is 0. The summed E-state index contributed by atoms with van der Waals surface area (Å²) in [7, 11) is 0. The first-order valence-electron chi connectivity index (χ1n) is 6.00. The molecule has 21 heavy (non-hydrogen) atoms. The molecular formula is C14H12F2N2O3. The van der Waals surface area contributed by atoms with Crippen LogP contribution in [0.1, 0.15) is 32.2 Å². The molecule has 0 aliphatic carbocycles. The van der Waals surface area contributed by atoms with Crippen LogP contribution in [0.15, 0.2) is 28.7 Å². The van der Waals surface area contributed by atoms with Gasteiger partial charge in [-0.05, 0) is 32.0 Å². The quantitative estimate of drug-likeness (QED) is 0.834. The first kappa shape index (κ1) is 14.7. The molecule has 1 aromatic heterocycles. The second-order valence-electron chi connectivity index (χ2n) is 4.39. The van der Waals surface area contributed by atoms with E-state index < -0.39 is 23.4 Å². The Kier molecular flexibility index (Phi) is 4.02. The number of rotatable bonds is 2. The largest absolute Gasteiger partial charge is 0.466 e. The number of furan rings is 1. The van der Waals surface area contributed by atoms with Gasteiger partial charge in [0.15, 0.2) is 0 Å². The molecule has 7 heteroatoms. The van der Waals surface area contributed by atoms with E-state index in [1.807, 2.05) is 0 Å². The van der Waals surface area contributed by atoms with Crippen LogP contribution in [0.25, 0.3) is 0 Å². The first-order valence-corrected chi connectivity index (χ1v) is 6.00. The van der Waals surface area contributed by atoms with E-state index in [-0.39, 0.29) is 11.1 Å². The van der Waals surface area contributed by atoms with Crippen molar-refractivity contribution < 1.29 is 22.8 Å². The molecule has 2 rings (SSSR count). The normalized spacial score (nSPS) is 10.3. The minimum atomic E-state index is -0.882. The molecule has 0 fully saturated rings. The fourth-order valence-electron chi connectivity index (χ4n) is 1.79. The number of halogens is 2. The third kappa shape index (κ3) is 3.44. The molecule has 2 amide bonds. The summed E-state index contributed by atoms with van der Waals surface area (Å²) in [5.74, 6) is -2.23. The van der Waals surface area contributed by atoms with Crippen LogP contribution in [0.4, 0.5) is 8.78 Å². The topological polar surface area (TPSA) is 71.3 Å². The van der Waals surface area contributed by atoms with Crippen molar-refractivity contribution in [2.45, 2.75) is 13.8 Å². The highest BCUT2D eigenvalue weighted by Gasteiger charge is 2.15. The lowest BCUT2D eigenvalue weighted by Crippen LogP contribution is -2.41. The summed E-state index contributed by atoms with van der Waals surface area (Å²) >= 11 is 0. The Morgan fingerprint density at radius 2 is 1.52 bits per heavy atom. The summed E-state index contributed by atoms with van der Waals surface area (Å²) in [6.45, 7) is 3.28. The number of hydrogen-bond donors (Lipinski definition) is 2. The van der Waals surface area contributed by atoms with Gasteiger partial charge in [-0.1, -0.05) is 0 Å². The minimum absolute atomic E-state index is 0.243. The van der Waals surface area contributed by atoms with Crippen molar-refractivity contribution in [2.24, 2.45) is 0 Å². The molecule has 2 aromatic rings. The maximum absolute atomic E-state index is 13.0. The van der Waals surface area contributed by atoms with Crippen molar-refractivity contribution in [1.29, 1.82) is 0 Å². The van der Waals surface area contributed by atoms with Gasteiger partial charge in [-0.2, -0.15) is 0 Å². The number of nitrogens with one attached hydrogen (secondary N) is 2. The van der Waals surface area contributed by atoms with Crippen LogP contribution in [0, 0.1) is 25.5 Å². The second-order valence-corrected chi connectivity index (χ2v) is 4.39. The van der Waals surface area contributed by atoms with Crippen molar-refractivity contribution in [3.8, 4) is 0 Å². The highest BCUT2D eigenvalue weighted by atomic mass is 19.1. The van der Waals surface area contributed by atoms with Crippen LogP contribution >= 0.6 is 0 Å². The Bertz CT molecular complexity index is 690. The van der Waals surface area contributed by atoms with Crippen molar-refractivity contribution in [3.63, 3.8) is 0 Å². The van der Waals surface area contributed by atoms with E-state index in [9.17, 15) is 18.4 Å². The molecule has 0 unspecified atom stereocenters. The highest BCUT2D eigenvalue weighted by Crippen LogP contribution is 2.13. The Morgan fingerprint density at radius 3 is 2.05 bits per heavy atom. The lowest BCUT2D eigenvalue weighted by Gasteiger charge is -2.07. The van der Waals surface area contributed by atoms with Crippen LogP contribution in [0.3, 0.4) is 0 Å². The molecule has 0 saturated heterocycles. The van der Waals surface area contributed by atoms with Crippen LogP contribution < -0.4 is 10.9 Å². The molecule has 1 heterocycles. The number of carbonyl (C=O) groups is 2. The molecule has 110 valence electrons. The predicted octanol–water partition coefficient (Wildman–Crippen LogP) is 2.25. The standard InChI is InChI=1S/C14H12F2N2O3/c1-7-3-12(8(2)21-7)14(20)18-17-13(19)9-4-10(15)6-11(16)5-9/h3-6H,1-2H3,(H,17,19)(H,18,20). The number of hydrogen-bond acceptors (Lipinski definition) is 3. The van der Waals surface area contributed by atoms with E-state index in [2.05, 4.69) is 10.9 Å². The fourth-order valence-corrected chi connectivity index (χ4v) is 1.79. The van der Waals surface area contributed by atoms with Crippen LogP contribution in [-0.4, -0.2) is 11.8 Å². The molecule has 0 aliphatic rings. The molecular weight excluding hydrogens is 282 g/mol. The summed E-state index contributed by atoms with van der Waals surface area (Å²) in [6, 6.07) is 3.88. The minimum Gasteiger partial charge on any atom is -0.466 e. The van der Waals surface area contributed by atoms with Crippen molar-refractivity contribution in [3.05, 3.63) is 58.5 Å². The van der Waals surface area contributed by atoms with E-state index in [0.29, 0.717) is 17.6 Å². The van der Waals surface area contributed by atoms with Gasteiger partial charge < -0.3 is 4.42 Å². The Morgan fingerprint density at radius 1 is 0.952 bits per heavy atom. The molecule has 0 atom stereocenters. The van der Waals surface area contributed by atoms with Gasteiger partial charge in [0, 0.05) is 11.6 Å². The zero-order valence-corrected chi connectivity index (χ0v) is 11.3. The first-order chi connectivity index (χ1) is 9.86. The molecule has 0 aliphatic heterocycles. The number of aryl methyl sites for hydroxylation is 2. The van der Waals surface area contributed by atoms with E-state index in [1.165, 1.54) is 6.07 Å². The van der Waals surface area contributed by atoms with Gasteiger partial charge in [-0.3, -0.25) is 20.4 Å². The maximum atomic E-state index is 13.0. The number of hydrazine groups is 1. The van der Waals surface area contributed by atoms with Crippen molar-refractivity contribution in [2.75, 3.05) is 0 Å². The van der Waals surface area contributed by atoms with Gasteiger partial charge in [-0.25, -0.2) is 8.78 Å². The third-order valence-corrected chi connectivity index (χ3v) is 2.70. The predicted molar refractivity (Wildman–Crippen MR) is 69.5 cm³/mol. The molecule has 0 spiro atoms. The van der Waals surface area contributed by atoms with E-state index in [0.717, 1.165) is 12.1 Å². The summed E-state index contributed by atoms with van der Waals surface area (Å²) in [5.41, 5.74) is 4.24. The van der Waals surface area contributed by atoms with Crippen LogP contribution in [0.2, 0.25) is 0 Å². The average molecular weight is 294 g/mol. The lowest BCUT2D eigenvalue weighted by molar-refractivity contribution is 0.0845. The van der Waals surface area contributed by atoms with Crippen molar-refractivity contribution in [1.82, 2.24) is 10.9 Å². The zero-order chi connectivity index (χ0) is 15.6. The lowest BCUT2D eigenvalue weighted by atomic mass is 10.2. The number of amides is 2. The summed E-state index contributed by atoms with van der Waals surface area (Å²) < 4.78 is 31.2. The van der Waals surface area contributed by atoms with Gasteiger partial charge in [0.1, 0.15) is 23.2 Å². The van der Waals surface area contributed by atoms with E-state index in [1.54, 1.807) is 13.8 Å². The van der Waals surface area contributed by atoms with Gasteiger partial charge >= 0.3 is 0 Å². The average Bonchev–Trinajstić information content (AvgIpc) is 2.73. The van der Waals surface area contributed by atoms with Gasteiger partial charge in [0.25, 0.3) is 11.8 Å².